The number of nitrogens with one attached hydrogen (secondary N) is 2. The zero-order valence-corrected chi connectivity index (χ0v) is 17.4. The van der Waals surface area contributed by atoms with Crippen molar-refractivity contribution in [2.24, 2.45) is 0 Å². The minimum atomic E-state index is -0.765. The normalized spacial score (nSPS) is 14.0. The average Bonchev–Trinajstić information content (AvgIpc) is 3.50. The van der Waals surface area contributed by atoms with Crippen LogP contribution in [0.3, 0.4) is 0 Å². The summed E-state index contributed by atoms with van der Waals surface area (Å²) in [5.74, 6) is -0.702. The quantitative estimate of drug-likeness (QED) is 0.468. The van der Waals surface area contributed by atoms with Gasteiger partial charge in [-0.1, -0.05) is 18.2 Å². The van der Waals surface area contributed by atoms with E-state index < -0.39 is 12.0 Å². The number of hydrogen-bond donors (Lipinski definition) is 2. The van der Waals surface area contributed by atoms with Crippen molar-refractivity contribution in [3.63, 3.8) is 0 Å². The molecule has 1 atom stereocenters. The lowest BCUT2D eigenvalue weighted by Gasteiger charge is -2.16. The smallest absolute Gasteiger partial charge is 0.328 e. The number of amides is 1. The van der Waals surface area contributed by atoms with Gasteiger partial charge in [0.05, 0.1) is 19.8 Å². The van der Waals surface area contributed by atoms with Gasteiger partial charge >= 0.3 is 5.97 Å². The van der Waals surface area contributed by atoms with E-state index >= 15 is 0 Å². The molecule has 1 aliphatic rings. The van der Waals surface area contributed by atoms with E-state index in [2.05, 4.69) is 22.4 Å². The predicted octanol–water partition coefficient (Wildman–Crippen LogP) is 3.85. The van der Waals surface area contributed by atoms with E-state index in [1.165, 1.54) is 18.2 Å². The molecule has 0 unspecified atom stereocenters. The average molecular weight is 416 g/mol. The molecule has 31 heavy (non-hydrogen) atoms. The van der Waals surface area contributed by atoms with Crippen LogP contribution in [0, 0.1) is 0 Å². The maximum Gasteiger partial charge on any atom is 0.328 e. The third-order valence-corrected chi connectivity index (χ3v) is 6.14. The summed E-state index contributed by atoms with van der Waals surface area (Å²) in [6.07, 6.45) is 7.32. The highest BCUT2D eigenvalue weighted by atomic mass is 16.5. The van der Waals surface area contributed by atoms with Crippen LogP contribution in [0.5, 0.6) is 0 Å². The Hall–Kier alpha value is -3.54. The molecule has 2 aromatic heterocycles. The molecule has 0 bridgehead atoms. The lowest BCUT2D eigenvalue weighted by atomic mass is 10.0. The van der Waals surface area contributed by atoms with Gasteiger partial charge in [0.25, 0.3) is 0 Å². The molecular formula is C25H24N2O4. The molecule has 158 valence electrons. The minimum Gasteiger partial charge on any atom is -0.467 e. The summed E-state index contributed by atoms with van der Waals surface area (Å²) in [6.45, 7) is 0. The number of benzene rings is 2. The van der Waals surface area contributed by atoms with Gasteiger partial charge in [-0.3, -0.25) is 4.79 Å². The van der Waals surface area contributed by atoms with Gasteiger partial charge in [-0.25, -0.2) is 4.79 Å². The van der Waals surface area contributed by atoms with E-state index in [-0.39, 0.29) is 12.3 Å². The number of rotatable bonds is 6. The van der Waals surface area contributed by atoms with Crippen LogP contribution in [0.4, 0.5) is 0 Å². The summed E-state index contributed by atoms with van der Waals surface area (Å²) in [5, 5.41) is 4.86. The maximum absolute atomic E-state index is 12.8. The second-order valence-electron chi connectivity index (χ2n) is 8.12. The Morgan fingerprint density at radius 1 is 1.13 bits per heavy atom. The molecule has 0 spiro atoms. The highest BCUT2D eigenvalue weighted by molar-refractivity contribution is 5.91. The molecule has 0 saturated carbocycles. The molecule has 5 rings (SSSR count). The van der Waals surface area contributed by atoms with Gasteiger partial charge in [-0.15, -0.1) is 0 Å². The molecular weight excluding hydrogens is 392 g/mol. The number of ether oxygens (including phenoxy) is 1. The van der Waals surface area contributed by atoms with E-state index in [9.17, 15) is 9.59 Å². The number of esters is 1. The Morgan fingerprint density at radius 2 is 1.94 bits per heavy atom. The van der Waals surface area contributed by atoms with Gasteiger partial charge in [0.2, 0.25) is 5.91 Å². The van der Waals surface area contributed by atoms with Crippen LogP contribution in [-0.4, -0.2) is 30.0 Å². The van der Waals surface area contributed by atoms with Crippen LogP contribution in [0.15, 0.2) is 53.3 Å². The number of carbonyl (C=O) groups is 2. The largest absolute Gasteiger partial charge is 0.467 e. The molecule has 0 saturated heterocycles. The zero-order chi connectivity index (χ0) is 21.4. The monoisotopic (exact) mass is 416 g/mol. The van der Waals surface area contributed by atoms with Crippen LogP contribution in [0.25, 0.3) is 21.9 Å². The third-order valence-electron chi connectivity index (χ3n) is 6.14. The third kappa shape index (κ3) is 3.69. The van der Waals surface area contributed by atoms with Crippen molar-refractivity contribution in [3.8, 4) is 0 Å². The second kappa shape index (κ2) is 7.95. The van der Waals surface area contributed by atoms with Crippen molar-refractivity contribution in [2.75, 3.05) is 7.11 Å². The van der Waals surface area contributed by atoms with Crippen LogP contribution >= 0.6 is 0 Å². The fraction of sp³-hybridized carbons (Fsp3) is 0.280. The van der Waals surface area contributed by atoms with Crippen LogP contribution in [0.1, 0.15) is 28.7 Å². The van der Waals surface area contributed by atoms with Crippen LogP contribution < -0.4 is 5.32 Å². The molecule has 0 radical (unpaired) electrons. The number of carbonyl (C=O) groups excluding carboxylic acids is 2. The zero-order valence-electron chi connectivity index (χ0n) is 17.4. The summed E-state index contributed by atoms with van der Waals surface area (Å²) in [5.41, 5.74) is 6.26. The molecule has 2 N–H and O–H groups in total. The number of aromatic amines is 1. The fourth-order valence-electron chi connectivity index (χ4n) is 4.56. The van der Waals surface area contributed by atoms with E-state index in [0.29, 0.717) is 6.42 Å². The van der Waals surface area contributed by atoms with E-state index in [1.807, 2.05) is 30.5 Å². The first-order chi connectivity index (χ1) is 15.1. The highest BCUT2D eigenvalue weighted by Crippen LogP contribution is 2.30. The SMILES string of the molecule is COC(=O)[C@@H](Cc1c[nH]c2ccccc12)NC(=O)Cc1coc2cc3c(cc12)CCC3. The van der Waals surface area contributed by atoms with Gasteiger partial charge < -0.3 is 19.5 Å². The van der Waals surface area contributed by atoms with E-state index in [4.69, 9.17) is 9.15 Å². The van der Waals surface area contributed by atoms with Crippen molar-refractivity contribution >= 4 is 33.7 Å². The van der Waals surface area contributed by atoms with Gasteiger partial charge in [-0.2, -0.15) is 0 Å². The molecule has 6 heteroatoms. The number of furan rings is 1. The molecule has 2 aromatic carbocycles. The fourth-order valence-corrected chi connectivity index (χ4v) is 4.56. The predicted molar refractivity (Wildman–Crippen MR) is 118 cm³/mol. The standard InChI is InChI=1S/C25H24N2O4/c1-30-25(29)22(10-17-13-26-21-8-3-2-7-19(17)21)27-24(28)12-18-14-31-23-11-16-6-4-5-15(16)9-20(18)23/h2-3,7-9,11,13-14,22,26H,4-6,10,12H2,1H3,(H,27,28)/t22-/m1/s1. The van der Waals surface area contributed by atoms with Crippen molar-refractivity contribution < 1.29 is 18.7 Å². The van der Waals surface area contributed by atoms with Gasteiger partial charge in [0.15, 0.2) is 0 Å². The van der Waals surface area contributed by atoms with Gasteiger partial charge in [-0.05, 0) is 54.2 Å². The summed E-state index contributed by atoms with van der Waals surface area (Å²) < 4.78 is 10.7. The number of aryl methyl sites for hydroxylation is 2. The second-order valence-corrected chi connectivity index (χ2v) is 8.12. The molecule has 4 aromatic rings. The first-order valence-corrected chi connectivity index (χ1v) is 10.6. The van der Waals surface area contributed by atoms with Crippen LogP contribution in [0.2, 0.25) is 0 Å². The topological polar surface area (TPSA) is 84.3 Å². The van der Waals surface area contributed by atoms with Crippen molar-refractivity contribution in [1.29, 1.82) is 0 Å². The van der Waals surface area contributed by atoms with Gasteiger partial charge in [0.1, 0.15) is 11.6 Å². The number of fused-ring (bicyclic) bond motifs is 3. The maximum atomic E-state index is 12.8. The Bertz CT molecular complexity index is 1280. The highest BCUT2D eigenvalue weighted by Gasteiger charge is 2.24. The first kappa shape index (κ1) is 19.4. The van der Waals surface area contributed by atoms with Gasteiger partial charge in [0, 0.05) is 34.5 Å². The first-order valence-electron chi connectivity index (χ1n) is 10.6. The summed E-state index contributed by atoms with van der Waals surface area (Å²) in [4.78, 5) is 28.4. The van der Waals surface area contributed by atoms with Crippen LogP contribution in [-0.2, 0) is 40.0 Å². The van der Waals surface area contributed by atoms with Crippen molar-refractivity contribution in [1.82, 2.24) is 10.3 Å². The Balaban J connectivity index is 1.34. The summed E-state index contributed by atoms with van der Waals surface area (Å²) >= 11 is 0. The molecule has 0 fully saturated rings. The number of para-hydroxylation sites is 1. The Kier molecular flexibility index (Phi) is 4.98. The molecule has 2 heterocycles. The number of hydrogen-bond acceptors (Lipinski definition) is 4. The Labute approximate surface area is 179 Å². The van der Waals surface area contributed by atoms with Crippen molar-refractivity contribution in [3.05, 3.63) is 71.1 Å². The van der Waals surface area contributed by atoms with E-state index in [1.54, 1.807) is 6.26 Å². The molecule has 6 nitrogen and oxygen atoms in total. The molecule has 0 aliphatic heterocycles. The summed E-state index contributed by atoms with van der Waals surface area (Å²) in [6, 6.07) is 11.3. The Morgan fingerprint density at radius 3 is 2.77 bits per heavy atom. The number of aromatic nitrogens is 1. The minimum absolute atomic E-state index is 0.146. The van der Waals surface area contributed by atoms with Crippen molar-refractivity contribution in [2.45, 2.75) is 38.1 Å². The number of H-pyrrole nitrogens is 1. The lowest BCUT2D eigenvalue weighted by molar-refractivity contribution is -0.145. The molecule has 1 aliphatic carbocycles. The number of methoxy groups -OCH3 is 1. The molecule has 1 amide bonds. The van der Waals surface area contributed by atoms with E-state index in [0.717, 1.165) is 52.3 Å². The summed E-state index contributed by atoms with van der Waals surface area (Å²) in [7, 11) is 1.33. The lowest BCUT2D eigenvalue weighted by Crippen LogP contribution is -2.43.